The average molecular weight is 543 g/mol. The van der Waals surface area contributed by atoms with Gasteiger partial charge in [0.15, 0.2) is 11.7 Å². The average Bonchev–Trinajstić information content (AvgIpc) is 3.34. The number of furan rings is 1. The van der Waals surface area contributed by atoms with Crippen LogP contribution < -0.4 is 5.32 Å². The molecule has 6 nitrogen and oxygen atoms in total. The van der Waals surface area contributed by atoms with Crippen molar-refractivity contribution in [3.05, 3.63) is 59.0 Å². The molecule has 2 aliphatic rings. The van der Waals surface area contributed by atoms with E-state index in [2.05, 4.69) is 29.3 Å². The fourth-order valence-corrected chi connectivity index (χ4v) is 4.03. The highest BCUT2D eigenvalue weighted by Gasteiger charge is 2.44. The Hall–Kier alpha value is -1.74. The highest BCUT2D eigenvalue weighted by Crippen LogP contribution is 2.48. The molecule has 1 N–H and O–H groups in total. The number of carbonyl (C=O) groups excluding carboxylic acids is 1. The number of rotatable bonds is 5. The van der Waals surface area contributed by atoms with Gasteiger partial charge in [-0.25, -0.2) is 0 Å². The third-order valence-corrected chi connectivity index (χ3v) is 5.99. The molecule has 8 heteroatoms. The summed E-state index contributed by atoms with van der Waals surface area (Å²) in [6.45, 7) is 6.46. The highest BCUT2D eigenvalue weighted by molar-refractivity contribution is 14.0. The van der Waals surface area contributed by atoms with Crippen molar-refractivity contribution in [2.24, 2.45) is 4.99 Å². The molecule has 1 saturated carbocycles. The number of hydrogen-bond acceptors (Lipinski definition) is 3. The Balaban J connectivity index is 0.00000256. The molecule has 1 aromatic heterocycles. The van der Waals surface area contributed by atoms with E-state index in [1.165, 1.54) is 11.8 Å². The number of benzene rings is 1. The van der Waals surface area contributed by atoms with Crippen LogP contribution in [-0.4, -0.2) is 60.9 Å². The van der Waals surface area contributed by atoms with Crippen molar-refractivity contribution >= 4 is 47.4 Å². The zero-order valence-electron chi connectivity index (χ0n) is 17.1. The molecule has 2 fully saturated rings. The minimum absolute atomic E-state index is 0. The molecule has 162 valence electrons. The van der Waals surface area contributed by atoms with Gasteiger partial charge in [-0.2, -0.15) is 0 Å². The van der Waals surface area contributed by atoms with Gasteiger partial charge in [-0.1, -0.05) is 23.7 Å². The first-order valence-corrected chi connectivity index (χ1v) is 10.6. The van der Waals surface area contributed by atoms with Crippen LogP contribution in [0.1, 0.15) is 35.9 Å². The number of hydrogen-bond donors (Lipinski definition) is 1. The molecule has 2 heterocycles. The Bertz CT molecular complexity index is 875. The summed E-state index contributed by atoms with van der Waals surface area (Å²) >= 11 is 6.19. The Morgan fingerprint density at radius 1 is 1.17 bits per heavy atom. The number of amides is 1. The number of nitrogens with one attached hydrogen (secondary N) is 1. The first-order chi connectivity index (χ1) is 14.1. The van der Waals surface area contributed by atoms with E-state index in [1.807, 2.05) is 17.0 Å². The lowest BCUT2D eigenvalue weighted by molar-refractivity contribution is 0.0657. The molecule has 1 aliphatic carbocycles. The second kappa shape index (κ2) is 10.0. The first-order valence-electron chi connectivity index (χ1n) is 10.2. The lowest BCUT2D eigenvalue weighted by atomic mass is 9.96. The third-order valence-electron chi connectivity index (χ3n) is 5.76. The normalized spacial score (nSPS) is 18.0. The minimum atomic E-state index is -0.0468. The standard InChI is InChI=1S/C22H27ClN4O2.HI/c1-2-24-21(25-16-22(8-9-22)17-5-3-6-18(23)15-17)27-12-10-26(11-13-27)20(28)19-7-4-14-29-19;/h3-7,14-15H,2,8-13,16H2,1H3,(H,24,25);1H. The van der Waals surface area contributed by atoms with Crippen LogP contribution in [0.3, 0.4) is 0 Å². The van der Waals surface area contributed by atoms with Crippen molar-refractivity contribution < 1.29 is 9.21 Å². The highest BCUT2D eigenvalue weighted by atomic mass is 127. The molecule has 30 heavy (non-hydrogen) atoms. The summed E-state index contributed by atoms with van der Waals surface area (Å²) in [6.07, 6.45) is 3.82. The number of aliphatic imine (C=N–C) groups is 1. The maximum absolute atomic E-state index is 12.5. The van der Waals surface area contributed by atoms with E-state index in [1.54, 1.807) is 12.1 Å². The summed E-state index contributed by atoms with van der Waals surface area (Å²) in [4.78, 5) is 21.5. The maximum atomic E-state index is 12.5. The molecular weight excluding hydrogens is 515 g/mol. The van der Waals surface area contributed by atoms with Crippen LogP contribution in [-0.2, 0) is 5.41 Å². The molecule has 1 aromatic carbocycles. The Morgan fingerprint density at radius 3 is 2.50 bits per heavy atom. The number of guanidine groups is 1. The minimum Gasteiger partial charge on any atom is -0.459 e. The second-order valence-electron chi connectivity index (χ2n) is 7.72. The van der Waals surface area contributed by atoms with Gasteiger partial charge in [-0.05, 0) is 49.6 Å². The smallest absolute Gasteiger partial charge is 0.289 e. The van der Waals surface area contributed by atoms with Crippen molar-refractivity contribution in [1.82, 2.24) is 15.1 Å². The largest absolute Gasteiger partial charge is 0.459 e. The quantitative estimate of drug-likeness (QED) is 0.352. The molecule has 1 aliphatic heterocycles. The van der Waals surface area contributed by atoms with Crippen LogP contribution in [0.5, 0.6) is 0 Å². The van der Waals surface area contributed by atoms with Gasteiger partial charge in [0.1, 0.15) is 0 Å². The van der Waals surface area contributed by atoms with Crippen LogP contribution in [0.25, 0.3) is 0 Å². The van der Waals surface area contributed by atoms with Gasteiger partial charge in [0.05, 0.1) is 12.8 Å². The molecule has 1 saturated heterocycles. The van der Waals surface area contributed by atoms with E-state index in [-0.39, 0.29) is 35.3 Å². The third kappa shape index (κ3) is 5.11. The van der Waals surface area contributed by atoms with E-state index in [4.69, 9.17) is 21.0 Å². The van der Waals surface area contributed by atoms with Gasteiger partial charge in [-0.3, -0.25) is 9.79 Å². The van der Waals surface area contributed by atoms with Crippen LogP contribution in [0.15, 0.2) is 52.1 Å². The van der Waals surface area contributed by atoms with Crippen molar-refractivity contribution in [3.8, 4) is 0 Å². The first kappa shape index (κ1) is 22.9. The van der Waals surface area contributed by atoms with Gasteiger partial charge in [0.25, 0.3) is 5.91 Å². The van der Waals surface area contributed by atoms with Crippen LogP contribution in [0.4, 0.5) is 0 Å². The Labute approximate surface area is 199 Å². The van der Waals surface area contributed by atoms with Crippen LogP contribution >= 0.6 is 35.6 Å². The fourth-order valence-electron chi connectivity index (χ4n) is 3.84. The summed E-state index contributed by atoms with van der Waals surface area (Å²) in [6, 6.07) is 11.6. The van der Waals surface area contributed by atoms with Gasteiger partial charge >= 0.3 is 0 Å². The number of carbonyl (C=O) groups is 1. The number of nitrogens with zero attached hydrogens (tertiary/aromatic N) is 3. The Kier molecular flexibility index (Phi) is 7.68. The lowest BCUT2D eigenvalue weighted by Crippen LogP contribution is -2.53. The molecule has 0 atom stereocenters. The molecule has 0 radical (unpaired) electrons. The van der Waals surface area contributed by atoms with E-state index in [9.17, 15) is 4.79 Å². The lowest BCUT2D eigenvalue weighted by Gasteiger charge is -2.36. The monoisotopic (exact) mass is 542 g/mol. The van der Waals surface area contributed by atoms with E-state index in [0.29, 0.717) is 18.8 Å². The molecule has 2 aromatic rings. The van der Waals surface area contributed by atoms with Crippen molar-refractivity contribution in [3.63, 3.8) is 0 Å². The second-order valence-corrected chi connectivity index (χ2v) is 8.15. The summed E-state index contributed by atoms with van der Waals surface area (Å²) < 4.78 is 5.24. The van der Waals surface area contributed by atoms with Crippen molar-refractivity contribution in [2.45, 2.75) is 25.2 Å². The predicted octanol–water partition coefficient (Wildman–Crippen LogP) is 4.01. The zero-order chi connectivity index (χ0) is 20.3. The summed E-state index contributed by atoms with van der Waals surface area (Å²) in [5.74, 6) is 1.27. The van der Waals surface area contributed by atoms with Gasteiger partial charge in [0.2, 0.25) is 0 Å². The van der Waals surface area contributed by atoms with E-state index < -0.39 is 0 Å². The summed E-state index contributed by atoms with van der Waals surface area (Å²) in [5.41, 5.74) is 1.39. The Morgan fingerprint density at radius 2 is 1.90 bits per heavy atom. The molecule has 1 amide bonds. The van der Waals surface area contributed by atoms with Crippen LogP contribution in [0.2, 0.25) is 5.02 Å². The van der Waals surface area contributed by atoms with E-state index >= 15 is 0 Å². The van der Waals surface area contributed by atoms with Gasteiger partial charge in [0, 0.05) is 43.2 Å². The molecule has 4 rings (SSSR count). The van der Waals surface area contributed by atoms with Gasteiger partial charge < -0.3 is 19.5 Å². The summed E-state index contributed by atoms with van der Waals surface area (Å²) in [7, 11) is 0. The van der Waals surface area contributed by atoms with Gasteiger partial charge in [-0.15, -0.1) is 24.0 Å². The van der Waals surface area contributed by atoms with Crippen LogP contribution in [0, 0.1) is 0 Å². The molecule has 0 spiro atoms. The fraction of sp³-hybridized carbons (Fsp3) is 0.455. The van der Waals surface area contributed by atoms with Crippen molar-refractivity contribution in [2.75, 3.05) is 39.3 Å². The zero-order valence-corrected chi connectivity index (χ0v) is 20.2. The summed E-state index contributed by atoms with van der Waals surface area (Å²) in [5, 5.41) is 4.19. The molecular formula is C22H28ClIN4O2. The molecule has 0 bridgehead atoms. The topological polar surface area (TPSA) is 61.1 Å². The van der Waals surface area contributed by atoms with Crippen molar-refractivity contribution in [1.29, 1.82) is 0 Å². The number of halogens is 2. The predicted molar refractivity (Wildman–Crippen MR) is 130 cm³/mol. The van der Waals surface area contributed by atoms with E-state index in [0.717, 1.165) is 50.0 Å². The SMILES string of the molecule is CCNC(=NCC1(c2cccc(Cl)c2)CC1)N1CCN(C(=O)c2ccco2)CC1.I. The maximum Gasteiger partial charge on any atom is 0.289 e. The number of piperazine rings is 1. The molecule has 0 unspecified atom stereocenters.